The lowest BCUT2D eigenvalue weighted by molar-refractivity contribution is 0.478. The van der Waals surface area contributed by atoms with Gasteiger partial charge in [0.1, 0.15) is 0 Å². The topological polar surface area (TPSA) is 12.0 Å². The molecular weight excluding hydrogens is 194 g/mol. The van der Waals surface area contributed by atoms with Crippen LogP contribution in [0.15, 0.2) is 43.0 Å². The third-order valence-electron chi connectivity index (χ3n) is 2.99. The Balaban J connectivity index is 2.20. The summed E-state index contributed by atoms with van der Waals surface area (Å²) in [6.45, 7) is 3.77. The van der Waals surface area contributed by atoms with Crippen molar-refractivity contribution in [3.63, 3.8) is 0 Å². The van der Waals surface area contributed by atoms with E-state index in [9.17, 15) is 0 Å². The Kier molecular flexibility index (Phi) is 6.59. The van der Waals surface area contributed by atoms with Gasteiger partial charge in [0.2, 0.25) is 0 Å². The number of aryl methyl sites for hydroxylation is 1. The number of benzene rings is 1. The molecule has 0 spiro atoms. The van der Waals surface area contributed by atoms with E-state index < -0.39 is 0 Å². The molecule has 0 amide bonds. The van der Waals surface area contributed by atoms with Crippen molar-refractivity contribution < 1.29 is 0 Å². The Hall–Kier alpha value is -1.08. The molecule has 1 unspecified atom stereocenters. The highest BCUT2D eigenvalue weighted by atomic mass is 14.9. The van der Waals surface area contributed by atoms with Crippen LogP contribution in [-0.4, -0.2) is 13.1 Å². The van der Waals surface area contributed by atoms with E-state index in [1.54, 1.807) is 0 Å². The van der Waals surface area contributed by atoms with Gasteiger partial charge in [-0.1, -0.05) is 36.4 Å². The minimum Gasteiger partial charge on any atom is -0.317 e. The highest BCUT2D eigenvalue weighted by Gasteiger charge is 2.04. The van der Waals surface area contributed by atoms with Crippen LogP contribution in [-0.2, 0) is 6.42 Å². The molecule has 0 heterocycles. The molecule has 1 heteroatoms. The van der Waals surface area contributed by atoms with Crippen molar-refractivity contribution >= 4 is 0 Å². The Morgan fingerprint density at radius 2 is 2.00 bits per heavy atom. The zero-order valence-corrected chi connectivity index (χ0v) is 10.3. The summed E-state index contributed by atoms with van der Waals surface area (Å²) in [6, 6.07) is 11.4. The molecule has 0 radical (unpaired) electrons. The summed E-state index contributed by atoms with van der Waals surface area (Å²) < 4.78 is 0. The van der Waals surface area contributed by atoms with E-state index in [4.69, 9.17) is 0 Å². The van der Waals surface area contributed by atoms with Gasteiger partial charge >= 0.3 is 0 Å². The molecule has 0 aliphatic rings. The Morgan fingerprint density at radius 3 is 2.62 bits per heavy atom. The fourth-order valence-corrected chi connectivity index (χ4v) is 1.95. The Bertz CT molecular complexity index is 279. The molecular formula is C15H23N. The second-order valence-electron chi connectivity index (χ2n) is 4.23. The summed E-state index contributed by atoms with van der Waals surface area (Å²) >= 11 is 0. The largest absolute Gasteiger partial charge is 0.317 e. The van der Waals surface area contributed by atoms with Crippen molar-refractivity contribution in [2.24, 2.45) is 0 Å². The average Bonchev–Trinajstić information content (AvgIpc) is 2.35. The molecule has 0 aliphatic carbocycles. The van der Waals surface area contributed by atoms with Gasteiger partial charge in [-0.2, -0.15) is 0 Å². The smallest absolute Gasteiger partial charge is 0.00671 e. The van der Waals surface area contributed by atoms with E-state index in [1.165, 1.54) is 31.2 Å². The van der Waals surface area contributed by atoms with E-state index in [1.807, 2.05) is 6.08 Å². The van der Waals surface area contributed by atoms with Gasteiger partial charge in [-0.15, -0.1) is 6.58 Å². The molecule has 1 aromatic carbocycles. The standard InChI is InChI=1S/C15H23N/c1-3-4-12-15(16-2)13-8-11-14-9-6-5-7-10-14/h3,5-7,9-10,15-16H,1,4,8,11-13H2,2H3. The summed E-state index contributed by atoms with van der Waals surface area (Å²) in [5.41, 5.74) is 1.45. The van der Waals surface area contributed by atoms with Crippen LogP contribution >= 0.6 is 0 Å². The first-order valence-electron chi connectivity index (χ1n) is 6.19. The number of nitrogens with one attached hydrogen (secondary N) is 1. The molecule has 0 aliphatic heterocycles. The van der Waals surface area contributed by atoms with Crippen LogP contribution in [0.25, 0.3) is 0 Å². The molecule has 88 valence electrons. The number of rotatable bonds is 8. The lowest BCUT2D eigenvalue weighted by Gasteiger charge is -2.14. The van der Waals surface area contributed by atoms with Crippen LogP contribution in [0.4, 0.5) is 0 Å². The van der Waals surface area contributed by atoms with Gasteiger partial charge in [-0.05, 0) is 44.7 Å². The molecule has 0 bridgehead atoms. The van der Waals surface area contributed by atoms with Crippen LogP contribution in [0.2, 0.25) is 0 Å². The maximum atomic E-state index is 3.77. The summed E-state index contributed by atoms with van der Waals surface area (Å²) in [7, 11) is 2.05. The first-order valence-corrected chi connectivity index (χ1v) is 6.19. The molecule has 0 aromatic heterocycles. The van der Waals surface area contributed by atoms with E-state index in [0.717, 1.165) is 6.42 Å². The highest BCUT2D eigenvalue weighted by molar-refractivity contribution is 5.14. The monoisotopic (exact) mass is 217 g/mol. The predicted octanol–water partition coefficient (Wildman–Crippen LogP) is 3.56. The first-order chi connectivity index (χ1) is 7.86. The molecule has 1 N–H and O–H groups in total. The average molecular weight is 217 g/mol. The van der Waals surface area contributed by atoms with E-state index in [-0.39, 0.29) is 0 Å². The van der Waals surface area contributed by atoms with Crippen molar-refractivity contribution in [2.45, 2.75) is 38.1 Å². The second kappa shape index (κ2) is 8.12. The molecule has 1 aromatic rings. The van der Waals surface area contributed by atoms with Crippen molar-refractivity contribution in [1.82, 2.24) is 5.32 Å². The number of hydrogen-bond acceptors (Lipinski definition) is 1. The van der Waals surface area contributed by atoms with E-state index in [2.05, 4.69) is 49.3 Å². The molecule has 0 fully saturated rings. The lowest BCUT2D eigenvalue weighted by atomic mass is 10.0. The van der Waals surface area contributed by atoms with Crippen LogP contribution in [0, 0.1) is 0 Å². The molecule has 0 saturated carbocycles. The van der Waals surface area contributed by atoms with Gasteiger partial charge in [-0.25, -0.2) is 0 Å². The van der Waals surface area contributed by atoms with Crippen molar-refractivity contribution in [1.29, 1.82) is 0 Å². The fraction of sp³-hybridized carbons (Fsp3) is 0.467. The van der Waals surface area contributed by atoms with Gasteiger partial charge in [-0.3, -0.25) is 0 Å². The maximum Gasteiger partial charge on any atom is 0.00671 e. The number of allylic oxidation sites excluding steroid dienone is 1. The van der Waals surface area contributed by atoms with Crippen LogP contribution < -0.4 is 5.32 Å². The third-order valence-corrected chi connectivity index (χ3v) is 2.99. The fourth-order valence-electron chi connectivity index (χ4n) is 1.95. The van der Waals surface area contributed by atoms with E-state index in [0.29, 0.717) is 6.04 Å². The van der Waals surface area contributed by atoms with Gasteiger partial charge in [0.25, 0.3) is 0 Å². The molecule has 16 heavy (non-hydrogen) atoms. The quantitative estimate of drug-likeness (QED) is 0.656. The summed E-state index contributed by atoms with van der Waals surface area (Å²) in [5, 5.41) is 3.38. The SMILES string of the molecule is C=CCCC(CCCc1ccccc1)NC. The van der Waals surface area contributed by atoms with Crippen molar-refractivity contribution in [2.75, 3.05) is 7.05 Å². The minimum absolute atomic E-state index is 0.640. The summed E-state index contributed by atoms with van der Waals surface area (Å²) in [6.07, 6.45) is 8.01. The Labute approximate surface area is 99.6 Å². The maximum absolute atomic E-state index is 3.77. The van der Waals surface area contributed by atoms with Crippen molar-refractivity contribution in [3.8, 4) is 0 Å². The molecule has 1 nitrogen and oxygen atoms in total. The van der Waals surface area contributed by atoms with Gasteiger partial charge in [0.15, 0.2) is 0 Å². The molecule has 0 saturated heterocycles. The van der Waals surface area contributed by atoms with Crippen LogP contribution in [0.3, 0.4) is 0 Å². The van der Waals surface area contributed by atoms with Crippen LogP contribution in [0.5, 0.6) is 0 Å². The second-order valence-corrected chi connectivity index (χ2v) is 4.23. The molecule has 1 rings (SSSR count). The lowest BCUT2D eigenvalue weighted by Crippen LogP contribution is -2.24. The molecule has 1 atom stereocenters. The number of hydrogen-bond donors (Lipinski definition) is 1. The third kappa shape index (κ3) is 5.13. The zero-order valence-electron chi connectivity index (χ0n) is 10.3. The van der Waals surface area contributed by atoms with Gasteiger partial charge < -0.3 is 5.32 Å². The van der Waals surface area contributed by atoms with Crippen molar-refractivity contribution in [3.05, 3.63) is 48.6 Å². The Morgan fingerprint density at radius 1 is 1.25 bits per heavy atom. The summed E-state index contributed by atoms with van der Waals surface area (Å²) in [4.78, 5) is 0. The van der Waals surface area contributed by atoms with E-state index >= 15 is 0 Å². The van der Waals surface area contributed by atoms with Gasteiger partial charge in [0.05, 0.1) is 0 Å². The van der Waals surface area contributed by atoms with Crippen LogP contribution in [0.1, 0.15) is 31.2 Å². The highest BCUT2D eigenvalue weighted by Crippen LogP contribution is 2.09. The normalized spacial score (nSPS) is 12.3. The first kappa shape index (κ1) is 13.0. The minimum atomic E-state index is 0.640. The summed E-state index contributed by atoms with van der Waals surface area (Å²) in [5.74, 6) is 0. The zero-order chi connectivity index (χ0) is 11.6. The van der Waals surface area contributed by atoms with Gasteiger partial charge in [0, 0.05) is 6.04 Å². The predicted molar refractivity (Wildman–Crippen MR) is 71.7 cm³/mol.